The molecular weight excluding hydrogens is 433 g/mol. The summed E-state index contributed by atoms with van der Waals surface area (Å²) in [6, 6.07) is 12.0. The topological polar surface area (TPSA) is 116 Å². The van der Waals surface area contributed by atoms with Crippen molar-refractivity contribution in [1.29, 1.82) is 0 Å². The van der Waals surface area contributed by atoms with Crippen LogP contribution in [-0.2, 0) is 14.4 Å². The van der Waals surface area contributed by atoms with Crippen molar-refractivity contribution in [1.82, 2.24) is 15.5 Å². The zero-order valence-electron chi connectivity index (χ0n) is 20.1. The number of urea groups is 1. The van der Waals surface area contributed by atoms with Crippen LogP contribution < -0.4 is 40.2 Å². The fourth-order valence-electron chi connectivity index (χ4n) is 3.67. The van der Waals surface area contributed by atoms with Crippen molar-refractivity contribution in [3.63, 3.8) is 0 Å². The first-order valence-corrected chi connectivity index (χ1v) is 10.1. The number of hydrogen-bond donors (Lipinski definition) is 3. The predicted molar refractivity (Wildman–Crippen MR) is 120 cm³/mol. The minimum Gasteiger partial charge on any atom is -1.00 e. The van der Waals surface area contributed by atoms with Gasteiger partial charge in [0.2, 0.25) is 0 Å². The number of carboxylic acid groups (broad SMARTS) is 1. The molecule has 168 valence electrons. The molecule has 2 aromatic carbocycles. The van der Waals surface area contributed by atoms with Gasteiger partial charge < -0.3 is 22.1 Å². The molecule has 0 bridgehead atoms. The molecule has 9 heteroatoms. The van der Waals surface area contributed by atoms with Gasteiger partial charge in [-0.3, -0.25) is 14.4 Å². The van der Waals surface area contributed by atoms with E-state index < -0.39 is 35.8 Å². The molecule has 0 saturated carbocycles. The van der Waals surface area contributed by atoms with E-state index in [1.54, 1.807) is 19.1 Å². The number of rotatable bonds is 6. The van der Waals surface area contributed by atoms with Crippen LogP contribution in [0.5, 0.6) is 0 Å². The van der Waals surface area contributed by atoms with Gasteiger partial charge in [-0.05, 0) is 42.2 Å². The molecule has 0 aromatic heterocycles. The Labute approximate surface area is 215 Å². The molecule has 3 N–H and O–H groups in total. The van der Waals surface area contributed by atoms with Gasteiger partial charge >= 0.3 is 41.6 Å². The van der Waals surface area contributed by atoms with E-state index >= 15 is 0 Å². The Morgan fingerprint density at radius 3 is 2.48 bits per heavy atom. The first-order chi connectivity index (χ1) is 15.2. The number of carboxylic acids is 1. The second kappa shape index (κ2) is 11.3. The number of nitrogens with one attached hydrogen (secondary N) is 2. The average molecular weight is 459 g/mol. The molecule has 1 aliphatic rings. The number of carbonyl (C=O) groups is 4. The van der Waals surface area contributed by atoms with E-state index in [2.05, 4.69) is 10.6 Å². The van der Waals surface area contributed by atoms with Crippen LogP contribution in [0.3, 0.4) is 0 Å². The largest absolute Gasteiger partial charge is 1.00 e. The van der Waals surface area contributed by atoms with Gasteiger partial charge in [-0.1, -0.05) is 42.5 Å². The maximum absolute atomic E-state index is 12.6. The summed E-state index contributed by atoms with van der Waals surface area (Å²) in [7, 11) is 1.50. The van der Waals surface area contributed by atoms with E-state index in [9.17, 15) is 24.3 Å². The summed E-state index contributed by atoms with van der Waals surface area (Å²) in [6.07, 6.45) is 1.04. The molecule has 0 saturated heterocycles. The molecule has 3 amide bonds. The number of hydrogen-bond acceptors (Lipinski definition) is 4. The Morgan fingerprint density at radius 2 is 1.82 bits per heavy atom. The molecule has 1 heterocycles. The fraction of sp³-hybridized carbons (Fsp3) is 0.250. The standard InChI is InChI=1S/C24H25N3O5.Na.H/c1-14-7-4-5-10-18(14)16-8-6-9-17(11-16)19(12-20(28)29)25-24(32)26-21-22(30)15(2)13-27(3)23(21)31;;/h4-11,13,19,21H,12H2,1-3H3,(H,28,29)(H2,25,26,32);;/q;+1;-1/t19-,21?;;/m0../s1. The summed E-state index contributed by atoms with van der Waals surface area (Å²) in [4.78, 5) is 50.0. The van der Waals surface area contributed by atoms with Crippen LogP contribution in [0.2, 0.25) is 0 Å². The molecule has 3 rings (SSSR count). The van der Waals surface area contributed by atoms with Crippen LogP contribution in [0.4, 0.5) is 4.79 Å². The minimum absolute atomic E-state index is 0. The van der Waals surface area contributed by atoms with Gasteiger partial charge in [0.15, 0.2) is 11.8 Å². The van der Waals surface area contributed by atoms with Gasteiger partial charge in [0.05, 0.1) is 12.5 Å². The third-order valence-electron chi connectivity index (χ3n) is 5.34. The summed E-state index contributed by atoms with van der Waals surface area (Å²) in [6.45, 7) is 3.54. The minimum atomic E-state index is -1.35. The summed E-state index contributed by atoms with van der Waals surface area (Å²) in [5.41, 5.74) is 3.88. The van der Waals surface area contributed by atoms with Gasteiger partial charge in [-0.25, -0.2) is 4.79 Å². The van der Waals surface area contributed by atoms with Crippen LogP contribution >= 0.6 is 0 Å². The van der Waals surface area contributed by atoms with E-state index in [0.29, 0.717) is 11.1 Å². The number of carbonyl (C=O) groups excluding carboxylic acids is 3. The molecule has 1 unspecified atom stereocenters. The number of Topliss-reactive ketones (excluding diaryl/α,β-unsaturated/α-hetero) is 1. The zero-order valence-corrected chi connectivity index (χ0v) is 21.1. The van der Waals surface area contributed by atoms with E-state index in [-0.39, 0.29) is 37.4 Å². The number of ketones is 1. The van der Waals surface area contributed by atoms with Crippen LogP contribution in [0, 0.1) is 6.92 Å². The Balaban J connectivity index is 0.00000289. The van der Waals surface area contributed by atoms with Gasteiger partial charge in [-0.15, -0.1) is 0 Å². The molecule has 0 radical (unpaired) electrons. The number of aryl methyl sites for hydroxylation is 1. The predicted octanol–water partition coefficient (Wildman–Crippen LogP) is -0.0930. The molecule has 0 aliphatic carbocycles. The van der Waals surface area contributed by atoms with Crippen LogP contribution in [0.15, 0.2) is 60.3 Å². The molecule has 1 aliphatic heterocycles. The quantitative estimate of drug-likeness (QED) is 0.413. The molecule has 8 nitrogen and oxygen atoms in total. The molecule has 0 spiro atoms. The van der Waals surface area contributed by atoms with E-state index in [1.807, 2.05) is 43.3 Å². The molecule has 2 atom stereocenters. The van der Waals surface area contributed by atoms with Crippen molar-refractivity contribution in [2.75, 3.05) is 7.05 Å². The third-order valence-corrected chi connectivity index (χ3v) is 5.34. The first-order valence-electron chi connectivity index (χ1n) is 10.1. The SMILES string of the molecule is CC1=CN(C)C(=O)C(NC(=O)N[C@@H](CC(=O)O)c2cccc(-c3ccccc3C)c2)C1=O.[H-].[Na+]. The number of likely N-dealkylation sites (N-methyl/N-ethyl adjacent to an activating group) is 1. The maximum atomic E-state index is 12.6. The van der Waals surface area contributed by atoms with E-state index in [0.717, 1.165) is 16.7 Å². The average Bonchev–Trinajstić information content (AvgIpc) is 2.75. The van der Waals surface area contributed by atoms with E-state index in [4.69, 9.17) is 0 Å². The number of amides is 3. The summed E-state index contributed by atoms with van der Waals surface area (Å²) < 4.78 is 0. The Hall–Kier alpha value is -2.94. The second-order valence-electron chi connectivity index (χ2n) is 7.77. The van der Waals surface area contributed by atoms with Crippen LogP contribution in [0.1, 0.15) is 31.9 Å². The second-order valence-corrected chi connectivity index (χ2v) is 7.77. The monoisotopic (exact) mass is 459 g/mol. The smallest absolute Gasteiger partial charge is 1.00 e. The van der Waals surface area contributed by atoms with Crippen molar-refractivity contribution < 1.29 is 55.3 Å². The number of benzene rings is 2. The Kier molecular flexibility index (Phi) is 8.99. The molecule has 33 heavy (non-hydrogen) atoms. The van der Waals surface area contributed by atoms with Gasteiger partial charge in [-0.2, -0.15) is 0 Å². The van der Waals surface area contributed by atoms with Crippen molar-refractivity contribution in [3.8, 4) is 11.1 Å². The maximum Gasteiger partial charge on any atom is 1.00 e. The summed E-state index contributed by atoms with van der Waals surface area (Å²) >= 11 is 0. The van der Waals surface area contributed by atoms with Crippen molar-refractivity contribution in [3.05, 3.63) is 71.4 Å². The van der Waals surface area contributed by atoms with Crippen LogP contribution in [0.25, 0.3) is 11.1 Å². The Bertz CT molecular complexity index is 1120. The fourth-order valence-corrected chi connectivity index (χ4v) is 3.67. The normalized spacial score (nSPS) is 16.4. The molecule has 2 aromatic rings. The van der Waals surface area contributed by atoms with Crippen molar-refractivity contribution in [2.24, 2.45) is 0 Å². The van der Waals surface area contributed by atoms with E-state index in [1.165, 1.54) is 18.1 Å². The van der Waals surface area contributed by atoms with Gasteiger partial charge in [0.1, 0.15) is 0 Å². The Morgan fingerprint density at radius 1 is 1.12 bits per heavy atom. The zero-order chi connectivity index (χ0) is 23.4. The van der Waals surface area contributed by atoms with Gasteiger partial charge in [0.25, 0.3) is 5.91 Å². The molecule has 0 fully saturated rings. The first kappa shape index (κ1) is 26.3. The van der Waals surface area contributed by atoms with Crippen LogP contribution in [-0.4, -0.2) is 46.8 Å². The summed E-state index contributed by atoms with van der Waals surface area (Å²) in [5.74, 6) is -2.16. The molecular formula is C24H26N3NaO5. The number of aliphatic carboxylic acids is 1. The van der Waals surface area contributed by atoms with Crippen molar-refractivity contribution >= 4 is 23.7 Å². The van der Waals surface area contributed by atoms with Crippen molar-refractivity contribution in [2.45, 2.75) is 32.4 Å². The third kappa shape index (κ3) is 6.31. The summed E-state index contributed by atoms with van der Waals surface area (Å²) in [5, 5.41) is 14.4. The number of nitrogens with zero attached hydrogens (tertiary/aromatic N) is 1. The van der Waals surface area contributed by atoms with Gasteiger partial charge in [0, 0.05) is 18.8 Å².